The molecule has 3 nitrogen and oxygen atoms in total. The molecule has 0 spiro atoms. The highest BCUT2D eigenvalue weighted by atomic mass is 15.1. The molecule has 18 heavy (non-hydrogen) atoms. The Labute approximate surface area is 109 Å². The van der Waals surface area contributed by atoms with Crippen molar-refractivity contribution in [3.63, 3.8) is 0 Å². The van der Waals surface area contributed by atoms with E-state index in [4.69, 9.17) is 10.7 Å². The summed E-state index contributed by atoms with van der Waals surface area (Å²) in [5.41, 5.74) is 11.7. The zero-order valence-corrected chi connectivity index (χ0v) is 11.6. The highest BCUT2D eigenvalue weighted by Gasteiger charge is 2.12. The zero-order valence-electron chi connectivity index (χ0n) is 11.6. The highest BCUT2D eigenvalue weighted by Crippen LogP contribution is 2.25. The number of nitrogens with two attached hydrogens (primary N) is 1. The second-order valence-electron chi connectivity index (χ2n) is 4.86. The van der Waals surface area contributed by atoms with E-state index in [9.17, 15) is 0 Å². The van der Waals surface area contributed by atoms with Gasteiger partial charge in [-0.05, 0) is 44.5 Å². The summed E-state index contributed by atoms with van der Waals surface area (Å²) < 4.78 is 2.14. The van der Waals surface area contributed by atoms with Crippen molar-refractivity contribution in [2.75, 3.05) is 6.54 Å². The van der Waals surface area contributed by atoms with E-state index in [0.717, 1.165) is 17.9 Å². The van der Waals surface area contributed by atoms with E-state index >= 15 is 0 Å². The lowest BCUT2D eigenvalue weighted by atomic mass is 10.0. The molecule has 96 valence electrons. The Kier molecular flexibility index (Phi) is 3.53. The first-order chi connectivity index (χ1) is 8.54. The average molecular weight is 243 g/mol. The molecule has 0 aliphatic rings. The van der Waals surface area contributed by atoms with Crippen LogP contribution in [0.3, 0.4) is 0 Å². The Balaban J connectivity index is 2.50. The second-order valence-corrected chi connectivity index (χ2v) is 4.86. The van der Waals surface area contributed by atoms with Gasteiger partial charge in [-0.25, -0.2) is 4.98 Å². The van der Waals surface area contributed by atoms with E-state index < -0.39 is 0 Å². The fourth-order valence-electron chi connectivity index (χ4n) is 2.15. The van der Waals surface area contributed by atoms with Crippen molar-refractivity contribution in [2.24, 2.45) is 12.8 Å². The van der Waals surface area contributed by atoms with Crippen LogP contribution in [0, 0.1) is 20.8 Å². The average Bonchev–Trinajstić information content (AvgIpc) is 2.62. The van der Waals surface area contributed by atoms with Crippen LogP contribution in [-0.4, -0.2) is 16.1 Å². The summed E-state index contributed by atoms with van der Waals surface area (Å²) in [5, 5.41) is 0. The second kappa shape index (κ2) is 4.94. The van der Waals surface area contributed by atoms with E-state index in [1.165, 1.54) is 22.4 Å². The summed E-state index contributed by atoms with van der Waals surface area (Å²) in [6.45, 7) is 7.01. The minimum absolute atomic E-state index is 0.636. The number of hydrogen-bond donors (Lipinski definition) is 1. The van der Waals surface area contributed by atoms with Crippen LogP contribution in [0.25, 0.3) is 11.3 Å². The van der Waals surface area contributed by atoms with Crippen LogP contribution in [-0.2, 0) is 13.5 Å². The maximum Gasteiger partial charge on any atom is 0.110 e. The Hall–Kier alpha value is -1.61. The highest BCUT2D eigenvalue weighted by molar-refractivity contribution is 5.63. The quantitative estimate of drug-likeness (QED) is 0.900. The van der Waals surface area contributed by atoms with Crippen LogP contribution >= 0.6 is 0 Å². The molecule has 0 atom stereocenters. The SMILES string of the molecule is Cc1ccc(-c2nc(CCN)n(C)c2C)cc1C. The molecule has 0 amide bonds. The molecule has 0 fully saturated rings. The number of imidazole rings is 1. The first-order valence-electron chi connectivity index (χ1n) is 6.34. The van der Waals surface area contributed by atoms with Crippen LogP contribution in [0.1, 0.15) is 22.6 Å². The Morgan fingerprint density at radius 3 is 2.50 bits per heavy atom. The monoisotopic (exact) mass is 243 g/mol. The molecular formula is C15H21N3. The van der Waals surface area contributed by atoms with Crippen molar-refractivity contribution >= 4 is 0 Å². The number of benzene rings is 1. The van der Waals surface area contributed by atoms with E-state index in [0.29, 0.717) is 6.54 Å². The lowest BCUT2D eigenvalue weighted by molar-refractivity contribution is 0.761. The van der Waals surface area contributed by atoms with Crippen LogP contribution in [0.15, 0.2) is 18.2 Å². The van der Waals surface area contributed by atoms with Gasteiger partial charge >= 0.3 is 0 Å². The lowest BCUT2D eigenvalue weighted by Crippen LogP contribution is -2.08. The number of aryl methyl sites for hydroxylation is 2. The molecule has 1 aromatic carbocycles. The molecule has 0 aliphatic heterocycles. The molecular weight excluding hydrogens is 222 g/mol. The molecule has 0 saturated heterocycles. The minimum Gasteiger partial charge on any atom is -0.335 e. The molecule has 3 heteroatoms. The van der Waals surface area contributed by atoms with Gasteiger partial charge in [-0.1, -0.05) is 12.1 Å². The van der Waals surface area contributed by atoms with Gasteiger partial charge in [0.15, 0.2) is 0 Å². The first-order valence-corrected chi connectivity index (χ1v) is 6.34. The van der Waals surface area contributed by atoms with Gasteiger partial charge in [-0.3, -0.25) is 0 Å². The fraction of sp³-hybridized carbons (Fsp3) is 0.400. The standard InChI is InChI=1S/C15H21N3/c1-10-5-6-13(9-11(10)2)15-12(3)18(4)14(17-15)7-8-16/h5-6,9H,7-8,16H2,1-4H3. The van der Waals surface area contributed by atoms with Crippen molar-refractivity contribution < 1.29 is 0 Å². The molecule has 0 radical (unpaired) electrons. The maximum atomic E-state index is 5.62. The molecule has 0 bridgehead atoms. The Morgan fingerprint density at radius 2 is 1.89 bits per heavy atom. The summed E-state index contributed by atoms with van der Waals surface area (Å²) in [6.07, 6.45) is 0.822. The van der Waals surface area contributed by atoms with Crippen molar-refractivity contribution in [3.8, 4) is 11.3 Å². The van der Waals surface area contributed by atoms with Gasteiger partial charge in [0.05, 0.1) is 5.69 Å². The van der Waals surface area contributed by atoms with E-state index in [1.54, 1.807) is 0 Å². The van der Waals surface area contributed by atoms with Gasteiger partial charge < -0.3 is 10.3 Å². The third-order valence-electron chi connectivity index (χ3n) is 3.62. The summed E-state index contributed by atoms with van der Waals surface area (Å²) in [6, 6.07) is 6.50. The molecule has 0 saturated carbocycles. The molecule has 2 N–H and O–H groups in total. The molecule has 1 aromatic heterocycles. The predicted octanol–water partition coefficient (Wildman–Crippen LogP) is 2.51. The number of aromatic nitrogens is 2. The number of hydrogen-bond acceptors (Lipinski definition) is 2. The van der Waals surface area contributed by atoms with E-state index in [1.807, 2.05) is 0 Å². The van der Waals surface area contributed by atoms with Crippen molar-refractivity contribution in [1.82, 2.24) is 9.55 Å². The Bertz CT molecular complexity index is 567. The van der Waals surface area contributed by atoms with Gasteiger partial charge in [0.25, 0.3) is 0 Å². The maximum absolute atomic E-state index is 5.62. The van der Waals surface area contributed by atoms with E-state index in [-0.39, 0.29) is 0 Å². The van der Waals surface area contributed by atoms with Crippen LogP contribution in [0.2, 0.25) is 0 Å². The third-order valence-corrected chi connectivity index (χ3v) is 3.62. The van der Waals surface area contributed by atoms with Gasteiger partial charge in [-0.2, -0.15) is 0 Å². The van der Waals surface area contributed by atoms with Crippen LogP contribution in [0.5, 0.6) is 0 Å². The smallest absolute Gasteiger partial charge is 0.110 e. The Morgan fingerprint density at radius 1 is 1.17 bits per heavy atom. The van der Waals surface area contributed by atoms with E-state index in [2.05, 4.69) is 50.6 Å². The summed E-state index contributed by atoms with van der Waals surface area (Å²) in [5.74, 6) is 1.06. The predicted molar refractivity (Wildman–Crippen MR) is 75.6 cm³/mol. The fourth-order valence-corrected chi connectivity index (χ4v) is 2.15. The van der Waals surface area contributed by atoms with Crippen molar-refractivity contribution in [1.29, 1.82) is 0 Å². The van der Waals surface area contributed by atoms with Crippen LogP contribution in [0.4, 0.5) is 0 Å². The van der Waals surface area contributed by atoms with Gasteiger partial charge in [0.2, 0.25) is 0 Å². The summed E-state index contributed by atoms with van der Waals surface area (Å²) in [7, 11) is 2.05. The molecule has 0 unspecified atom stereocenters. The summed E-state index contributed by atoms with van der Waals surface area (Å²) >= 11 is 0. The largest absolute Gasteiger partial charge is 0.335 e. The van der Waals surface area contributed by atoms with Crippen LogP contribution < -0.4 is 5.73 Å². The lowest BCUT2D eigenvalue weighted by Gasteiger charge is -2.04. The van der Waals surface area contributed by atoms with Gasteiger partial charge in [0, 0.05) is 24.7 Å². The molecule has 2 rings (SSSR count). The molecule has 2 aromatic rings. The first kappa shape index (κ1) is 12.8. The minimum atomic E-state index is 0.636. The topological polar surface area (TPSA) is 43.8 Å². The zero-order chi connectivity index (χ0) is 13.3. The third kappa shape index (κ3) is 2.18. The van der Waals surface area contributed by atoms with Crippen molar-refractivity contribution in [2.45, 2.75) is 27.2 Å². The van der Waals surface area contributed by atoms with Crippen molar-refractivity contribution in [3.05, 3.63) is 40.8 Å². The van der Waals surface area contributed by atoms with Gasteiger partial charge in [-0.15, -0.1) is 0 Å². The normalized spacial score (nSPS) is 10.9. The summed E-state index contributed by atoms with van der Waals surface area (Å²) in [4.78, 5) is 4.72. The van der Waals surface area contributed by atoms with Gasteiger partial charge in [0.1, 0.15) is 5.82 Å². The molecule has 0 aliphatic carbocycles. The number of rotatable bonds is 3. The molecule has 1 heterocycles. The number of nitrogens with zero attached hydrogens (tertiary/aromatic N) is 2.